The average molecular weight is 279 g/mol. The van der Waals surface area contributed by atoms with Crippen LogP contribution < -0.4 is 5.32 Å². The van der Waals surface area contributed by atoms with Crippen LogP contribution >= 0.6 is 23.1 Å². The van der Waals surface area contributed by atoms with E-state index >= 15 is 0 Å². The number of rotatable bonds is 3. The number of hydrogen-bond acceptors (Lipinski definition) is 5. The lowest BCUT2D eigenvalue weighted by atomic mass is 9.97. The van der Waals surface area contributed by atoms with Crippen LogP contribution in [0.15, 0.2) is 0 Å². The molecule has 5 heteroatoms. The molecule has 0 spiro atoms. The summed E-state index contributed by atoms with van der Waals surface area (Å²) >= 11 is 3.64. The van der Waals surface area contributed by atoms with E-state index in [-0.39, 0.29) is 0 Å². The van der Waals surface area contributed by atoms with E-state index < -0.39 is 0 Å². The fraction of sp³-hybridized carbons (Fsp3) is 0.538. The van der Waals surface area contributed by atoms with Crippen molar-refractivity contribution >= 4 is 39.1 Å². The molecule has 0 atom stereocenters. The van der Waals surface area contributed by atoms with Gasteiger partial charge in [0.15, 0.2) is 0 Å². The number of nitrogens with one attached hydrogen (secondary N) is 1. The van der Waals surface area contributed by atoms with Crippen molar-refractivity contribution in [1.29, 1.82) is 0 Å². The lowest BCUT2D eigenvalue weighted by Crippen LogP contribution is -2.02. The van der Waals surface area contributed by atoms with Gasteiger partial charge in [-0.25, -0.2) is 9.97 Å². The predicted molar refractivity (Wildman–Crippen MR) is 80.8 cm³/mol. The molecule has 0 aromatic carbocycles. The Labute approximate surface area is 115 Å². The molecular weight excluding hydrogens is 262 g/mol. The van der Waals surface area contributed by atoms with Crippen LogP contribution in [0.25, 0.3) is 10.2 Å². The molecule has 3 nitrogen and oxygen atoms in total. The van der Waals surface area contributed by atoms with Crippen LogP contribution in [-0.4, -0.2) is 23.3 Å². The Balaban J connectivity index is 2.21. The minimum absolute atomic E-state index is 0.882. The van der Waals surface area contributed by atoms with Gasteiger partial charge in [-0.2, -0.15) is 11.8 Å². The topological polar surface area (TPSA) is 37.8 Å². The van der Waals surface area contributed by atoms with Crippen molar-refractivity contribution in [3.05, 3.63) is 16.3 Å². The highest BCUT2D eigenvalue weighted by Crippen LogP contribution is 2.38. The zero-order valence-corrected chi connectivity index (χ0v) is 12.4. The van der Waals surface area contributed by atoms with Crippen molar-refractivity contribution in [2.45, 2.75) is 31.4 Å². The average Bonchev–Trinajstić information content (AvgIpc) is 2.76. The van der Waals surface area contributed by atoms with Gasteiger partial charge in [0, 0.05) is 11.9 Å². The molecule has 1 aliphatic carbocycles. The lowest BCUT2D eigenvalue weighted by Gasteiger charge is -2.11. The third kappa shape index (κ3) is 1.99. The molecule has 1 aliphatic rings. The minimum atomic E-state index is 0.882. The molecule has 1 N–H and O–H groups in total. The largest absolute Gasteiger partial charge is 0.372 e. The van der Waals surface area contributed by atoms with Crippen LogP contribution in [0.2, 0.25) is 0 Å². The second-order valence-corrected chi connectivity index (χ2v) is 6.51. The Morgan fingerprint density at radius 2 is 2.11 bits per heavy atom. The van der Waals surface area contributed by atoms with Gasteiger partial charge in [-0.05, 0) is 37.5 Å². The molecule has 2 aromatic rings. The van der Waals surface area contributed by atoms with Gasteiger partial charge in [0.2, 0.25) is 0 Å². The number of fused-ring (bicyclic) bond motifs is 3. The molecule has 0 amide bonds. The molecule has 0 aliphatic heterocycles. The summed E-state index contributed by atoms with van der Waals surface area (Å²) in [7, 11) is 1.96. The summed E-state index contributed by atoms with van der Waals surface area (Å²) in [5, 5.41) is 4.53. The van der Waals surface area contributed by atoms with Gasteiger partial charge in [0.1, 0.15) is 16.5 Å². The van der Waals surface area contributed by atoms with Gasteiger partial charge in [-0.1, -0.05) is 0 Å². The fourth-order valence-electron chi connectivity index (χ4n) is 2.58. The minimum Gasteiger partial charge on any atom is -0.372 e. The van der Waals surface area contributed by atoms with E-state index in [1.807, 2.05) is 18.4 Å². The van der Waals surface area contributed by atoms with Crippen LogP contribution in [0.4, 0.5) is 5.82 Å². The summed E-state index contributed by atoms with van der Waals surface area (Å²) < 4.78 is 0. The molecule has 0 bridgehead atoms. The zero-order valence-electron chi connectivity index (χ0n) is 10.7. The molecule has 0 fully saturated rings. The van der Waals surface area contributed by atoms with Crippen molar-refractivity contribution in [2.75, 3.05) is 18.6 Å². The summed E-state index contributed by atoms with van der Waals surface area (Å²) in [4.78, 5) is 12.1. The summed E-state index contributed by atoms with van der Waals surface area (Å²) in [6, 6.07) is 0. The number of hydrogen-bond donors (Lipinski definition) is 1. The molecule has 3 rings (SSSR count). The predicted octanol–water partition coefficient (Wildman–Crippen LogP) is 3.47. The maximum absolute atomic E-state index is 4.73. The van der Waals surface area contributed by atoms with Crippen LogP contribution in [0.1, 0.15) is 29.1 Å². The monoisotopic (exact) mass is 279 g/mol. The van der Waals surface area contributed by atoms with Crippen LogP contribution in [0.3, 0.4) is 0 Å². The first-order valence-electron chi connectivity index (χ1n) is 6.31. The van der Waals surface area contributed by atoms with Gasteiger partial charge < -0.3 is 5.32 Å². The summed E-state index contributed by atoms with van der Waals surface area (Å²) in [6.07, 6.45) is 7.12. The number of nitrogens with zero attached hydrogens (tertiary/aromatic N) is 2. The summed E-state index contributed by atoms with van der Waals surface area (Å²) in [5.41, 5.74) is 1.50. The van der Waals surface area contributed by atoms with Gasteiger partial charge in [-0.15, -0.1) is 11.3 Å². The first kappa shape index (κ1) is 12.2. The van der Waals surface area contributed by atoms with Crippen molar-refractivity contribution in [3.63, 3.8) is 0 Å². The van der Waals surface area contributed by atoms with E-state index in [1.165, 1.54) is 46.3 Å². The number of anilines is 1. The highest BCUT2D eigenvalue weighted by molar-refractivity contribution is 7.97. The van der Waals surface area contributed by atoms with Crippen molar-refractivity contribution in [2.24, 2.45) is 0 Å². The molecule has 0 saturated heterocycles. The maximum atomic E-state index is 4.73. The van der Waals surface area contributed by atoms with Crippen molar-refractivity contribution < 1.29 is 0 Å². The van der Waals surface area contributed by atoms with Crippen molar-refractivity contribution in [1.82, 2.24) is 9.97 Å². The molecule has 2 heterocycles. The Morgan fingerprint density at radius 3 is 2.89 bits per heavy atom. The Hall–Kier alpha value is -0.810. The van der Waals surface area contributed by atoms with E-state index in [0.717, 1.165) is 17.4 Å². The van der Waals surface area contributed by atoms with Crippen molar-refractivity contribution in [3.8, 4) is 0 Å². The lowest BCUT2D eigenvalue weighted by molar-refractivity contribution is 0.700. The van der Waals surface area contributed by atoms with E-state index in [4.69, 9.17) is 4.98 Å². The highest BCUT2D eigenvalue weighted by Gasteiger charge is 2.20. The Bertz CT molecular complexity index is 577. The van der Waals surface area contributed by atoms with Crippen LogP contribution in [-0.2, 0) is 18.6 Å². The maximum Gasteiger partial charge on any atom is 0.142 e. The third-order valence-corrected chi connectivity index (χ3v) is 5.10. The van der Waals surface area contributed by atoms with Gasteiger partial charge in [-0.3, -0.25) is 0 Å². The SMILES string of the molecule is CNc1nc(CSC)nc2sc3c(c12)CCCC3. The van der Waals surface area contributed by atoms with Crippen LogP contribution in [0.5, 0.6) is 0 Å². The Morgan fingerprint density at radius 1 is 1.28 bits per heavy atom. The van der Waals surface area contributed by atoms with Gasteiger partial charge >= 0.3 is 0 Å². The number of aromatic nitrogens is 2. The molecule has 0 radical (unpaired) electrons. The smallest absolute Gasteiger partial charge is 0.142 e. The van der Waals surface area contributed by atoms with Gasteiger partial charge in [0.25, 0.3) is 0 Å². The molecule has 0 unspecified atom stereocenters. The number of thioether (sulfide) groups is 1. The quantitative estimate of drug-likeness (QED) is 0.933. The number of aryl methyl sites for hydroxylation is 2. The highest BCUT2D eigenvalue weighted by atomic mass is 32.2. The van der Waals surface area contributed by atoms with Gasteiger partial charge in [0.05, 0.1) is 11.1 Å². The van der Waals surface area contributed by atoms with E-state index in [2.05, 4.69) is 16.6 Å². The summed E-state index contributed by atoms with van der Waals surface area (Å²) in [5.74, 6) is 2.84. The molecule has 2 aromatic heterocycles. The zero-order chi connectivity index (χ0) is 12.5. The van der Waals surface area contributed by atoms with E-state index in [1.54, 1.807) is 11.8 Å². The normalized spacial score (nSPS) is 14.8. The van der Waals surface area contributed by atoms with Crippen LogP contribution in [0, 0.1) is 0 Å². The first-order valence-corrected chi connectivity index (χ1v) is 8.52. The van der Waals surface area contributed by atoms with E-state index in [0.29, 0.717) is 0 Å². The second kappa shape index (κ2) is 5.05. The first-order chi connectivity index (χ1) is 8.83. The fourth-order valence-corrected chi connectivity index (χ4v) is 4.24. The standard InChI is InChI=1S/C13H17N3S2/c1-14-12-11-8-5-3-4-6-9(8)18-13(11)16-10(15-12)7-17-2/h3-7H2,1-2H3,(H,14,15,16). The molecule has 0 saturated carbocycles. The Kier molecular flexibility index (Phi) is 3.43. The summed E-state index contributed by atoms with van der Waals surface area (Å²) in [6.45, 7) is 0. The molecule has 96 valence electrons. The molecule has 18 heavy (non-hydrogen) atoms. The van der Waals surface area contributed by atoms with E-state index in [9.17, 15) is 0 Å². The number of thiophene rings is 1. The second-order valence-electron chi connectivity index (χ2n) is 4.56. The third-order valence-electron chi connectivity index (χ3n) is 3.37. The molecular formula is C13H17N3S2.